The van der Waals surface area contributed by atoms with Crippen LogP contribution in [0.3, 0.4) is 0 Å². The van der Waals surface area contributed by atoms with Crippen LogP contribution in [0.5, 0.6) is 11.5 Å². The molecule has 0 atom stereocenters. The summed E-state index contributed by atoms with van der Waals surface area (Å²) < 4.78 is 10.5. The van der Waals surface area contributed by atoms with E-state index in [0.717, 1.165) is 16.5 Å². The second kappa shape index (κ2) is 10.5. The minimum atomic E-state index is -0.548. The van der Waals surface area contributed by atoms with Gasteiger partial charge in [0.25, 0.3) is 17.7 Å². The highest BCUT2D eigenvalue weighted by Gasteiger charge is 2.31. The number of methoxy groups -OCH3 is 2. The highest BCUT2D eigenvalue weighted by atomic mass is 16.5. The Morgan fingerprint density at radius 1 is 1.06 bits per heavy atom. The number of imide groups is 1. The van der Waals surface area contributed by atoms with Gasteiger partial charge >= 0.3 is 0 Å². The quantitative estimate of drug-likeness (QED) is 0.478. The molecule has 9 heteroatoms. The van der Waals surface area contributed by atoms with Gasteiger partial charge in [0.2, 0.25) is 0 Å². The fourth-order valence-electron chi connectivity index (χ4n) is 3.30. The lowest BCUT2D eigenvalue weighted by Gasteiger charge is -2.15. The lowest BCUT2D eigenvalue weighted by atomic mass is 10.1. The first-order valence-corrected chi connectivity index (χ1v) is 10.0. The van der Waals surface area contributed by atoms with Crippen LogP contribution in [0.1, 0.15) is 15.9 Å². The van der Waals surface area contributed by atoms with Crippen LogP contribution in [0.4, 0.5) is 5.69 Å². The van der Waals surface area contributed by atoms with Gasteiger partial charge in [-0.1, -0.05) is 18.2 Å². The molecule has 0 spiro atoms. The third kappa shape index (κ3) is 5.06. The van der Waals surface area contributed by atoms with Gasteiger partial charge in [-0.3, -0.25) is 19.3 Å². The van der Waals surface area contributed by atoms with Crippen LogP contribution in [0.15, 0.2) is 54.2 Å². The Morgan fingerprint density at radius 3 is 2.53 bits per heavy atom. The maximum Gasteiger partial charge on any atom is 0.277 e. The largest absolute Gasteiger partial charge is 0.493 e. The Morgan fingerprint density at radius 2 is 1.81 bits per heavy atom. The number of para-hydroxylation sites is 1. The summed E-state index contributed by atoms with van der Waals surface area (Å²) >= 11 is 0. The zero-order valence-electron chi connectivity index (χ0n) is 17.9. The average molecular weight is 439 g/mol. The van der Waals surface area contributed by atoms with Crippen LogP contribution in [0, 0.1) is 0 Å². The molecule has 3 rings (SSSR count). The van der Waals surface area contributed by atoms with Gasteiger partial charge in [-0.25, -0.2) is 0 Å². The minimum absolute atomic E-state index is 0.0500. The molecule has 1 aliphatic rings. The van der Waals surface area contributed by atoms with E-state index in [2.05, 4.69) is 10.6 Å². The van der Waals surface area contributed by atoms with E-state index in [0.29, 0.717) is 35.7 Å². The summed E-state index contributed by atoms with van der Waals surface area (Å²) in [5, 5.41) is 14.8. The maximum absolute atomic E-state index is 12.8. The summed E-state index contributed by atoms with van der Waals surface area (Å²) in [5.74, 6) is -0.133. The van der Waals surface area contributed by atoms with Gasteiger partial charge in [-0.05, 0) is 36.2 Å². The van der Waals surface area contributed by atoms with Gasteiger partial charge in [0, 0.05) is 12.6 Å². The number of anilines is 1. The van der Waals surface area contributed by atoms with E-state index >= 15 is 0 Å². The van der Waals surface area contributed by atoms with E-state index in [1.54, 1.807) is 38.5 Å². The Hall–Kier alpha value is -3.85. The maximum atomic E-state index is 12.8. The first-order chi connectivity index (χ1) is 15.5. The molecule has 2 aromatic rings. The molecule has 0 aromatic heterocycles. The van der Waals surface area contributed by atoms with Crippen molar-refractivity contribution < 1.29 is 29.0 Å². The van der Waals surface area contributed by atoms with Crippen LogP contribution in [0.2, 0.25) is 0 Å². The van der Waals surface area contributed by atoms with Crippen molar-refractivity contribution >= 4 is 23.4 Å². The van der Waals surface area contributed by atoms with Crippen molar-refractivity contribution in [3.8, 4) is 11.5 Å². The molecule has 3 N–H and O–H groups in total. The Balaban J connectivity index is 1.64. The molecule has 0 bridgehead atoms. The summed E-state index contributed by atoms with van der Waals surface area (Å²) in [6.07, 6.45) is 1.74. The number of carbonyl (C=O) groups is 3. The number of carbonyl (C=O) groups excluding carboxylic acids is 3. The standard InChI is InChI=1S/C23H25N3O6/c1-31-19-8-7-15(13-20(19)32-2)9-10-24-22(29)16-5-3-4-6-17(16)25-18-14-21(28)26(11-12-27)23(18)30/h3-8,13-14,25,27H,9-12H2,1-2H3,(H,24,29). The van der Waals surface area contributed by atoms with Crippen molar-refractivity contribution in [2.75, 3.05) is 39.2 Å². The topological polar surface area (TPSA) is 117 Å². The summed E-state index contributed by atoms with van der Waals surface area (Å²) in [4.78, 5) is 38.0. The van der Waals surface area contributed by atoms with E-state index in [4.69, 9.17) is 14.6 Å². The van der Waals surface area contributed by atoms with Gasteiger partial charge in [0.05, 0.1) is 38.6 Å². The first-order valence-electron chi connectivity index (χ1n) is 10.0. The van der Waals surface area contributed by atoms with E-state index in [1.807, 2.05) is 18.2 Å². The number of β-amino-alcohol motifs (C(OH)–C–C–N with tert-alkyl or cyclic N) is 1. The SMILES string of the molecule is COc1ccc(CCNC(=O)c2ccccc2NC2=CC(=O)N(CCO)C2=O)cc1OC. The van der Waals surface area contributed by atoms with Crippen molar-refractivity contribution in [3.05, 3.63) is 65.4 Å². The highest BCUT2D eigenvalue weighted by Crippen LogP contribution is 2.27. The van der Waals surface area contributed by atoms with Crippen molar-refractivity contribution in [2.24, 2.45) is 0 Å². The molecule has 0 saturated heterocycles. The molecule has 0 saturated carbocycles. The Labute approximate surface area is 185 Å². The average Bonchev–Trinajstić information content (AvgIpc) is 3.06. The van der Waals surface area contributed by atoms with E-state index in [9.17, 15) is 14.4 Å². The minimum Gasteiger partial charge on any atom is -0.493 e. The number of benzene rings is 2. The van der Waals surface area contributed by atoms with Gasteiger partial charge in [-0.15, -0.1) is 0 Å². The number of aliphatic hydroxyl groups excluding tert-OH is 1. The molecule has 0 fully saturated rings. The Kier molecular flexibility index (Phi) is 7.45. The molecular formula is C23H25N3O6. The normalized spacial score (nSPS) is 13.1. The fraction of sp³-hybridized carbons (Fsp3) is 0.261. The first kappa shape index (κ1) is 22.8. The third-order valence-corrected chi connectivity index (χ3v) is 4.92. The fourth-order valence-corrected chi connectivity index (χ4v) is 3.30. The van der Waals surface area contributed by atoms with Gasteiger partial charge < -0.3 is 25.2 Å². The number of hydrogen-bond acceptors (Lipinski definition) is 7. The van der Waals surface area contributed by atoms with Crippen molar-refractivity contribution in [1.82, 2.24) is 10.2 Å². The lowest BCUT2D eigenvalue weighted by molar-refractivity contribution is -0.137. The number of aliphatic hydroxyl groups is 1. The second-order valence-electron chi connectivity index (χ2n) is 6.94. The summed E-state index contributed by atoms with van der Waals surface area (Å²) in [6, 6.07) is 12.3. The van der Waals surface area contributed by atoms with Gasteiger partial charge in [0.1, 0.15) is 5.70 Å². The van der Waals surface area contributed by atoms with E-state index < -0.39 is 11.8 Å². The predicted molar refractivity (Wildman–Crippen MR) is 118 cm³/mol. The van der Waals surface area contributed by atoms with Crippen molar-refractivity contribution in [1.29, 1.82) is 0 Å². The van der Waals surface area contributed by atoms with E-state index in [1.165, 1.54) is 0 Å². The summed E-state index contributed by atoms with van der Waals surface area (Å²) in [7, 11) is 3.13. The smallest absolute Gasteiger partial charge is 0.277 e. The highest BCUT2D eigenvalue weighted by molar-refractivity contribution is 6.17. The molecule has 2 aromatic carbocycles. The van der Waals surface area contributed by atoms with Crippen LogP contribution >= 0.6 is 0 Å². The summed E-state index contributed by atoms with van der Waals surface area (Å²) in [6.45, 7) is -0.0255. The molecule has 168 valence electrons. The van der Waals surface area contributed by atoms with Gasteiger partial charge in [-0.2, -0.15) is 0 Å². The van der Waals surface area contributed by atoms with Crippen LogP contribution in [-0.2, 0) is 16.0 Å². The third-order valence-electron chi connectivity index (χ3n) is 4.92. The molecule has 3 amide bonds. The molecule has 0 aliphatic carbocycles. The summed E-state index contributed by atoms with van der Waals surface area (Å²) in [5.41, 5.74) is 1.75. The predicted octanol–water partition coefficient (Wildman–Crippen LogP) is 1.33. The van der Waals surface area contributed by atoms with Crippen molar-refractivity contribution in [3.63, 3.8) is 0 Å². The van der Waals surface area contributed by atoms with Crippen LogP contribution in [-0.4, -0.2) is 61.6 Å². The van der Waals surface area contributed by atoms with Crippen LogP contribution < -0.4 is 20.1 Å². The molecule has 32 heavy (non-hydrogen) atoms. The van der Waals surface area contributed by atoms with Crippen molar-refractivity contribution in [2.45, 2.75) is 6.42 Å². The van der Waals surface area contributed by atoms with Crippen LogP contribution in [0.25, 0.3) is 0 Å². The number of ether oxygens (including phenoxy) is 2. The molecule has 1 heterocycles. The number of hydrogen-bond donors (Lipinski definition) is 3. The van der Waals surface area contributed by atoms with Gasteiger partial charge in [0.15, 0.2) is 11.5 Å². The molecule has 0 unspecified atom stereocenters. The number of nitrogens with one attached hydrogen (secondary N) is 2. The second-order valence-corrected chi connectivity index (χ2v) is 6.94. The number of amides is 3. The Bertz CT molecular complexity index is 1050. The zero-order valence-corrected chi connectivity index (χ0v) is 17.9. The van der Waals surface area contributed by atoms with E-state index in [-0.39, 0.29) is 24.8 Å². The molecule has 0 radical (unpaired) electrons. The number of nitrogens with zero attached hydrogens (tertiary/aromatic N) is 1. The monoisotopic (exact) mass is 439 g/mol. The molecular weight excluding hydrogens is 414 g/mol. The molecule has 1 aliphatic heterocycles. The zero-order chi connectivity index (χ0) is 23.1. The molecule has 9 nitrogen and oxygen atoms in total. The number of rotatable bonds is 10. The lowest BCUT2D eigenvalue weighted by Crippen LogP contribution is -2.34.